The van der Waals surface area contributed by atoms with E-state index in [-0.39, 0.29) is 14.2 Å². The van der Waals surface area contributed by atoms with Crippen molar-refractivity contribution in [1.29, 1.82) is 0 Å². The first-order chi connectivity index (χ1) is 13.4. The normalized spacial score (nSPS) is 15.0. The van der Waals surface area contributed by atoms with Crippen molar-refractivity contribution in [2.75, 3.05) is 0 Å². The van der Waals surface area contributed by atoms with E-state index in [9.17, 15) is 4.89 Å². The molecule has 1 spiro atoms. The Bertz CT molecular complexity index is 1160. The molecule has 4 aromatic carbocycles. The minimum Gasteiger partial charge on any atom is -0.372 e. The second kappa shape index (κ2) is 5.39. The van der Waals surface area contributed by atoms with Crippen LogP contribution in [-0.2, 0) is 5.41 Å². The molecule has 1 atom stereocenters. The molecule has 2 aliphatic rings. The van der Waals surface area contributed by atoms with Crippen LogP contribution >= 0.6 is 8.81 Å². The third-order valence-electron chi connectivity index (χ3n) is 6.13. The maximum Gasteiger partial charge on any atom is 0.0725 e. The van der Waals surface area contributed by atoms with Gasteiger partial charge < -0.3 is 4.89 Å². The lowest BCUT2D eigenvalue weighted by Crippen LogP contribution is -2.26. The fourth-order valence-corrected chi connectivity index (χ4v) is 5.53. The Kier molecular flexibility index (Phi) is 3.06. The van der Waals surface area contributed by atoms with E-state index in [4.69, 9.17) is 0 Å². The van der Waals surface area contributed by atoms with Crippen molar-refractivity contribution in [2.45, 2.75) is 5.41 Å². The predicted octanol–water partition coefficient (Wildman–Crippen LogP) is 5.24. The lowest BCUT2D eigenvalue weighted by atomic mass is 9.70. The smallest absolute Gasteiger partial charge is 0.0725 e. The van der Waals surface area contributed by atoms with Gasteiger partial charge in [0.25, 0.3) is 0 Å². The molecule has 4 aromatic rings. The molecule has 128 valence electrons. The molecule has 0 saturated heterocycles. The third kappa shape index (κ3) is 1.76. The Labute approximate surface area is 160 Å². The summed E-state index contributed by atoms with van der Waals surface area (Å²) in [5, 5.41) is 0.989. The van der Waals surface area contributed by atoms with E-state index in [2.05, 4.69) is 91.0 Å². The molecule has 0 radical (unpaired) electrons. The van der Waals surface area contributed by atoms with Crippen LogP contribution in [0.5, 0.6) is 0 Å². The van der Waals surface area contributed by atoms with Gasteiger partial charge in [-0.05, 0) is 55.9 Å². The average molecular weight is 364 g/mol. The SMILES string of the molecule is OPc1ccc2c(c1)C1(c3ccccc3-c3ccccc31)c1ccccc1-2. The van der Waals surface area contributed by atoms with Crippen LogP contribution in [0.4, 0.5) is 0 Å². The Balaban J connectivity index is 1.85. The van der Waals surface area contributed by atoms with E-state index in [1.54, 1.807) is 0 Å². The van der Waals surface area contributed by atoms with Crippen molar-refractivity contribution in [1.82, 2.24) is 0 Å². The zero-order valence-electron chi connectivity index (χ0n) is 14.6. The molecule has 1 N–H and O–H groups in total. The Hall–Kier alpha value is -2.73. The molecule has 0 amide bonds. The highest BCUT2D eigenvalue weighted by Gasteiger charge is 2.51. The first-order valence-corrected chi connectivity index (χ1v) is 10.1. The molecule has 0 heterocycles. The second-order valence-electron chi connectivity index (χ2n) is 7.26. The van der Waals surface area contributed by atoms with Crippen LogP contribution in [-0.4, -0.2) is 4.89 Å². The minimum atomic E-state index is -0.297. The molecule has 1 unspecified atom stereocenters. The molecular weight excluding hydrogens is 347 g/mol. The quantitative estimate of drug-likeness (QED) is 0.396. The average Bonchev–Trinajstić information content (AvgIpc) is 3.21. The Morgan fingerprint density at radius 2 is 0.963 bits per heavy atom. The summed E-state index contributed by atoms with van der Waals surface area (Å²) in [6.45, 7) is 0. The summed E-state index contributed by atoms with van der Waals surface area (Å²) in [4.78, 5) is 9.84. The van der Waals surface area contributed by atoms with Crippen molar-refractivity contribution in [3.05, 3.63) is 113 Å². The summed E-state index contributed by atoms with van der Waals surface area (Å²) in [6, 6.07) is 32.8. The molecule has 0 aromatic heterocycles. The van der Waals surface area contributed by atoms with Crippen LogP contribution in [0.3, 0.4) is 0 Å². The molecule has 2 aliphatic carbocycles. The number of rotatable bonds is 1. The zero-order chi connectivity index (χ0) is 18.0. The first kappa shape index (κ1) is 15.3. The third-order valence-corrected chi connectivity index (χ3v) is 6.70. The highest BCUT2D eigenvalue weighted by molar-refractivity contribution is 7.40. The second-order valence-corrected chi connectivity index (χ2v) is 8.06. The molecule has 0 bridgehead atoms. The van der Waals surface area contributed by atoms with E-state index in [0.717, 1.165) is 5.30 Å². The van der Waals surface area contributed by atoms with Crippen LogP contribution in [0.1, 0.15) is 22.3 Å². The van der Waals surface area contributed by atoms with Crippen LogP contribution in [0.25, 0.3) is 22.3 Å². The molecule has 0 aliphatic heterocycles. The van der Waals surface area contributed by atoms with Crippen molar-refractivity contribution in [3.63, 3.8) is 0 Å². The molecule has 2 heteroatoms. The van der Waals surface area contributed by atoms with Gasteiger partial charge in [0.2, 0.25) is 0 Å². The summed E-state index contributed by atoms with van der Waals surface area (Å²) in [7, 11) is -0.195. The predicted molar refractivity (Wildman–Crippen MR) is 113 cm³/mol. The van der Waals surface area contributed by atoms with Gasteiger partial charge in [0, 0.05) is 8.81 Å². The van der Waals surface area contributed by atoms with Crippen molar-refractivity contribution < 1.29 is 4.89 Å². The van der Waals surface area contributed by atoms with Crippen LogP contribution in [0.15, 0.2) is 91.0 Å². The number of fused-ring (bicyclic) bond motifs is 10. The van der Waals surface area contributed by atoms with E-state index in [0.29, 0.717) is 0 Å². The fraction of sp³-hybridized carbons (Fsp3) is 0.0400. The summed E-state index contributed by atoms with van der Waals surface area (Å²) in [5.41, 5.74) is 10.2. The van der Waals surface area contributed by atoms with E-state index in [1.165, 1.54) is 44.5 Å². The lowest BCUT2D eigenvalue weighted by Gasteiger charge is -2.30. The van der Waals surface area contributed by atoms with Gasteiger partial charge in [0.15, 0.2) is 0 Å². The molecule has 0 fully saturated rings. The van der Waals surface area contributed by atoms with Gasteiger partial charge in [-0.25, -0.2) is 0 Å². The summed E-state index contributed by atoms with van der Waals surface area (Å²) < 4.78 is 0. The van der Waals surface area contributed by atoms with Gasteiger partial charge in [0.1, 0.15) is 0 Å². The zero-order valence-corrected chi connectivity index (χ0v) is 15.6. The standard InChI is InChI=1S/C25H17OP/c26-27-16-13-14-20-19-9-3-6-12-23(19)25(24(20)15-16)21-10-4-1-7-17(21)18-8-2-5-11-22(18)25/h1-15,26-27H. The first-order valence-electron chi connectivity index (χ1n) is 9.19. The molecule has 27 heavy (non-hydrogen) atoms. The number of hydrogen-bond donors (Lipinski definition) is 1. The Morgan fingerprint density at radius 1 is 0.519 bits per heavy atom. The maximum absolute atomic E-state index is 9.84. The largest absolute Gasteiger partial charge is 0.372 e. The summed E-state index contributed by atoms with van der Waals surface area (Å²) >= 11 is 0. The molecular formula is C25H17OP. The van der Waals surface area contributed by atoms with Gasteiger partial charge in [-0.2, -0.15) is 0 Å². The van der Waals surface area contributed by atoms with Gasteiger partial charge in [-0.1, -0.05) is 84.9 Å². The van der Waals surface area contributed by atoms with E-state index < -0.39 is 0 Å². The van der Waals surface area contributed by atoms with Crippen LogP contribution in [0, 0.1) is 0 Å². The van der Waals surface area contributed by atoms with E-state index in [1.807, 2.05) is 0 Å². The summed E-state index contributed by atoms with van der Waals surface area (Å²) in [6.07, 6.45) is 0. The highest BCUT2D eigenvalue weighted by Crippen LogP contribution is 2.62. The summed E-state index contributed by atoms with van der Waals surface area (Å²) in [5.74, 6) is 0. The maximum atomic E-state index is 9.84. The van der Waals surface area contributed by atoms with Gasteiger partial charge >= 0.3 is 0 Å². The lowest BCUT2D eigenvalue weighted by molar-refractivity contribution is 0.655. The highest BCUT2D eigenvalue weighted by atomic mass is 31.1. The van der Waals surface area contributed by atoms with Gasteiger partial charge in [0.05, 0.1) is 5.41 Å². The minimum absolute atomic E-state index is 0.195. The molecule has 6 rings (SSSR count). The van der Waals surface area contributed by atoms with Crippen molar-refractivity contribution in [3.8, 4) is 22.3 Å². The monoisotopic (exact) mass is 364 g/mol. The van der Waals surface area contributed by atoms with Crippen LogP contribution < -0.4 is 5.30 Å². The van der Waals surface area contributed by atoms with Gasteiger partial charge in [-0.3, -0.25) is 0 Å². The molecule has 1 nitrogen and oxygen atoms in total. The topological polar surface area (TPSA) is 20.2 Å². The van der Waals surface area contributed by atoms with Crippen molar-refractivity contribution >= 4 is 14.1 Å². The van der Waals surface area contributed by atoms with Crippen molar-refractivity contribution in [2.24, 2.45) is 0 Å². The van der Waals surface area contributed by atoms with E-state index >= 15 is 0 Å². The van der Waals surface area contributed by atoms with Crippen LogP contribution in [0.2, 0.25) is 0 Å². The number of hydrogen-bond acceptors (Lipinski definition) is 1. The van der Waals surface area contributed by atoms with Gasteiger partial charge in [-0.15, -0.1) is 0 Å². The number of benzene rings is 4. The fourth-order valence-electron chi connectivity index (χ4n) is 5.16. The Morgan fingerprint density at radius 3 is 1.44 bits per heavy atom. The molecule has 0 saturated carbocycles.